The van der Waals surface area contributed by atoms with Gasteiger partial charge in [0.15, 0.2) is 5.76 Å². The van der Waals surface area contributed by atoms with Crippen molar-refractivity contribution in [3.05, 3.63) is 11.5 Å². The van der Waals surface area contributed by atoms with Crippen LogP contribution in [-0.2, 0) is 14.2 Å². The van der Waals surface area contributed by atoms with Crippen LogP contribution in [0.2, 0.25) is 0 Å². The van der Waals surface area contributed by atoms with Gasteiger partial charge in [-0.3, -0.25) is 0 Å². The molecule has 0 radical (unpaired) electrons. The lowest BCUT2D eigenvalue weighted by Crippen LogP contribution is -2.29. The number of hydrogen-bond acceptors (Lipinski definition) is 3. The maximum atomic E-state index is 5.80. The number of fused-ring (bicyclic) bond motifs is 1. The topological polar surface area (TPSA) is 34.3 Å². The third-order valence-electron chi connectivity index (χ3n) is 3.90. The molecule has 1 saturated carbocycles. The van der Waals surface area contributed by atoms with Crippen molar-refractivity contribution in [1.29, 1.82) is 0 Å². The molecule has 3 nitrogen and oxygen atoms in total. The first-order chi connectivity index (χ1) is 6.90. The Hall–Kier alpha value is -0.540. The van der Waals surface area contributed by atoms with E-state index in [1.807, 2.05) is 0 Å². The van der Waals surface area contributed by atoms with Gasteiger partial charge >= 0.3 is 0 Å². The smallest absolute Gasteiger partial charge is 0.168 e. The third-order valence-corrected chi connectivity index (χ3v) is 3.90. The lowest BCUT2D eigenvalue weighted by atomic mass is 9.83. The summed E-state index contributed by atoms with van der Waals surface area (Å²) in [7, 11) is 0. The quantitative estimate of drug-likeness (QED) is 0.594. The van der Waals surface area contributed by atoms with Crippen molar-refractivity contribution < 1.29 is 14.2 Å². The summed E-state index contributed by atoms with van der Waals surface area (Å²) in [6.07, 6.45) is 6.29. The van der Waals surface area contributed by atoms with E-state index in [4.69, 9.17) is 14.2 Å². The Kier molecular flexibility index (Phi) is 1.39. The van der Waals surface area contributed by atoms with Crippen LogP contribution in [0.25, 0.3) is 0 Å². The van der Waals surface area contributed by atoms with E-state index in [1.165, 1.54) is 25.0 Å². The highest BCUT2D eigenvalue weighted by Crippen LogP contribution is 2.45. The summed E-state index contributed by atoms with van der Waals surface area (Å²) in [6.45, 7) is 0.714. The third kappa shape index (κ3) is 1.12. The second-order valence-corrected chi connectivity index (χ2v) is 4.79. The Morgan fingerprint density at radius 3 is 2.86 bits per heavy atom. The molecule has 2 fully saturated rings. The molecule has 1 aliphatic carbocycles. The monoisotopic (exact) mass is 194 g/mol. The number of hydrogen-bond donors (Lipinski definition) is 0. The Bertz CT molecular complexity index is 310. The van der Waals surface area contributed by atoms with Gasteiger partial charge in [0, 0.05) is 6.42 Å². The Labute approximate surface area is 83.0 Å². The van der Waals surface area contributed by atoms with E-state index >= 15 is 0 Å². The molecule has 0 aromatic carbocycles. The molecule has 4 rings (SSSR count). The van der Waals surface area contributed by atoms with Gasteiger partial charge in [-0.15, -0.1) is 0 Å². The van der Waals surface area contributed by atoms with E-state index in [0.717, 1.165) is 12.2 Å². The fourth-order valence-corrected chi connectivity index (χ4v) is 2.89. The second-order valence-electron chi connectivity index (χ2n) is 4.79. The Balaban J connectivity index is 1.45. The van der Waals surface area contributed by atoms with Crippen LogP contribution in [-0.4, -0.2) is 24.9 Å². The highest BCUT2D eigenvalue weighted by Gasteiger charge is 2.47. The van der Waals surface area contributed by atoms with Crippen LogP contribution in [0, 0.1) is 5.92 Å². The molecule has 0 bridgehead atoms. The van der Waals surface area contributed by atoms with Gasteiger partial charge in [0.05, 0.1) is 18.3 Å². The predicted molar refractivity (Wildman–Crippen MR) is 48.5 cm³/mol. The van der Waals surface area contributed by atoms with E-state index in [2.05, 4.69) is 0 Å². The molecule has 4 unspecified atom stereocenters. The van der Waals surface area contributed by atoms with Crippen LogP contribution >= 0.6 is 0 Å². The van der Waals surface area contributed by atoms with Gasteiger partial charge in [-0.05, 0) is 25.2 Å². The molecule has 14 heavy (non-hydrogen) atoms. The van der Waals surface area contributed by atoms with Crippen LogP contribution in [0.3, 0.4) is 0 Å². The van der Waals surface area contributed by atoms with Crippen molar-refractivity contribution in [2.75, 3.05) is 6.61 Å². The van der Waals surface area contributed by atoms with Crippen LogP contribution < -0.4 is 0 Å². The van der Waals surface area contributed by atoms with Crippen molar-refractivity contribution in [1.82, 2.24) is 0 Å². The fraction of sp³-hybridized carbons (Fsp3) is 0.818. The van der Waals surface area contributed by atoms with E-state index in [9.17, 15) is 0 Å². The van der Waals surface area contributed by atoms with Gasteiger partial charge < -0.3 is 14.2 Å². The number of rotatable bonds is 1. The maximum absolute atomic E-state index is 5.80. The minimum absolute atomic E-state index is 0.404. The predicted octanol–water partition coefficient (Wildman–Crippen LogP) is 1.58. The molecule has 0 aromatic heterocycles. The van der Waals surface area contributed by atoms with Crippen molar-refractivity contribution in [3.8, 4) is 0 Å². The molecule has 3 aliphatic heterocycles. The number of ether oxygens (including phenoxy) is 3. The second kappa shape index (κ2) is 2.52. The molecule has 0 amide bonds. The molecule has 0 spiro atoms. The highest BCUT2D eigenvalue weighted by atomic mass is 16.6. The molecular formula is C11H14O3. The lowest BCUT2D eigenvalue weighted by molar-refractivity contribution is 0.0128. The molecule has 0 N–H and O–H groups in total. The zero-order chi connectivity index (χ0) is 9.12. The lowest BCUT2D eigenvalue weighted by Gasteiger charge is -2.27. The van der Waals surface area contributed by atoms with Crippen LogP contribution in [0.4, 0.5) is 0 Å². The van der Waals surface area contributed by atoms with E-state index in [1.54, 1.807) is 0 Å². The Morgan fingerprint density at radius 1 is 1.00 bits per heavy atom. The standard InChI is InChI=1S/C11H14O3/c1-2-7-9(13-7)3-6(1)8-4-10-11(14-10)5-12-8/h6-9H,1-5H2. The van der Waals surface area contributed by atoms with Crippen LogP contribution in [0.5, 0.6) is 0 Å². The van der Waals surface area contributed by atoms with Crippen molar-refractivity contribution in [2.45, 2.75) is 44.0 Å². The molecule has 76 valence electrons. The van der Waals surface area contributed by atoms with Gasteiger partial charge in [0.25, 0.3) is 0 Å². The summed E-state index contributed by atoms with van der Waals surface area (Å²) < 4.78 is 16.7. The minimum atomic E-state index is 0.404. The summed E-state index contributed by atoms with van der Waals surface area (Å²) in [5, 5.41) is 0. The molecule has 3 heterocycles. The first-order valence-corrected chi connectivity index (χ1v) is 5.57. The van der Waals surface area contributed by atoms with Gasteiger partial charge in [-0.25, -0.2) is 0 Å². The first kappa shape index (κ1) is 7.71. The average Bonchev–Trinajstić information content (AvgIpc) is 3.10. The number of epoxide rings is 1. The van der Waals surface area contributed by atoms with E-state index < -0.39 is 0 Å². The SMILES string of the molecule is C1OC(C2CCC3OC3C2)CC2=C1O2. The summed E-state index contributed by atoms with van der Waals surface area (Å²) in [5.41, 5.74) is 0. The molecule has 4 atom stereocenters. The van der Waals surface area contributed by atoms with Crippen molar-refractivity contribution >= 4 is 0 Å². The first-order valence-electron chi connectivity index (χ1n) is 5.57. The molecule has 4 aliphatic rings. The summed E-state index contributed by atoms with van der Waals surface area (Å²) in [5.74, 6) is 3.01. The average molecular weight is 194 g/mol. The summed E-state index contributed by atoms with van der Waals surface area (Å²) in [6, 6.07) is 0. The van der Waals surface area contributed by atoms with E-state index in [-0.39, 0.29) is 0 Å². The van der Waals surface area contributed by atoms with Gasteiger partial charge in [-0.1, -0.05) is 0 Å². The van der Waals surface area contributed by atoms with Gasteiger partial charge in [-0.2, -0.15) is 0 Å². The zero-order valence-corrected chi connectivity index (χ0v) is 8.07. The van der Waals surface area contributed by atoms with Crippen molar-refractivity contribution in [3.63, 3.8) is 0 Å². The minimum Gasteiger partial charge on any atom is -0.456 e. The van der Waals surface area contributed by atoms with Crippen LogP contribution in [0.15, 0.2) is 11.5 Å². The fourth-order valence-electron chi connectivity index (χ4n) is 2.89. The van der Waals surface area contributed by atoms with Gasteiger partial charge in [0.1, 0.15) is 12.4 Å². The molecule has 3 heteroatoms. The molecule has 1 saturated heterocycles. The van der Waals surface area contributed by atoms with E-state index in [0.29, 0.717) is 30.8 Å². The summed E-state index contributed by atoms with van der Waals surface area (Å²) in [4.78, 5) is 0. The van der Waals surface area contributed by atoms with Crippen LogP contribution in [0.1, 0.15) is 25.7 Å². The maximum Gasteiger partial charge on any atom is 0.168 e. The Morgan fingerprint density at radius 2 is 2.00 bits per heavy atom. The largest absolute Gasteiger partial charge is 0.456 e. The zero-order valence-electron chi connectivity index (χ0n) is 8.07. The normalized spacial score (nSPS) is 49.1. The van der Waals surface area contributed by atoms with Crippen molar-refractivity contribution in [2.24, 2.45) is 5.92 Å². The summed E-state index contributed by atoms with van der Waals surface area (Å²) >= 11 is 0. The highest BCUT2D eigenvalue weighted by molar-refractivity contribution is 5.21. The molecular weight excluding hydrogens is 180 g/mol. The van der Waals surface area contributed by atoms with Gasteiger partial charge in [0.2, 0.25) is 0 Å². The molecule has 0 aromatic rings.